The molecule has 0 aromatic heterocycles. The van der Waals surface area contributed by atoms with Crippen LogP contribution in [0.15, 0.2) is 23.8 Å². The van der Waals surface area contributed by atoms with Crippen molar-refractivity contribution in [3.63, 3.8) is 0 Å². The van der Waals surface area contributed by atoms with E-state index in [0.717, 1.165) is 51.4 Å². The van der Waals surface area contributed by atoms with E-state index in [0.29, 0.717) is 18.8 Å². The predicted molar refractivity (Wildman–Crippen MR) is 126 cm³/mol. The van der Waals surface area contributed by atoms with Gasteiger partial charge in [-0.2, -0.15) is 0 Å². The SMILES string of the molecule is C=C1CC[C@]2(C(=O)O)CC[C@]3(C)C(=CC[C@@H]4[C@@]5(C)CC[C@H](O)[C@@](O)(CO)[C@@H]5CC[C@]43C)[C@@H]2C1. The zero-order valence-electron chi connectivity index (χ0n) is 20.6. The number of carboxylic acids is 1. The molecule has 0 spiro atoms. The zero-order valence-corrected chi connectivity index (χ0v) is 20.6. The van der Waals surface area contributed by atoms with Gasteiger partial charge >= 0.3 is 5.97 Å². The maximum absolute atomic E-state index is 12.6. The summed E-state index contributed by atoms with van der Waals surface area (Å²) in [7, 11) is 0. The van der Waals surface area contributed by atoms with Crippen LogP contribution in [0.2, 0.25) is 0 Å². The molecule has 184 valence electrons. The Labute approximate surface area is 198 Å². The van der Waals surface area contributed by atoms with E-state index in [9.17, 15) is 25.2 Å². The molecule has 0 aromatic rings. The fourth-order valence-corrected chi connectivity index (χ4v) is 9.88. The summed E-state index contributed by atoms with van der Waals surface area (Å²) < 4.78 is 0. The monoisotopic (exact) mass is 458 g/mol. The second-order valence-corrected chi connectivity index (χ2v) is 13.0. The van der Waals surface area contributed by atoms with Gasteiger partial charge in [-0.1, -0.05) is 44.6 Å². The minimum absolute atomic E-state index is 0.00949. The van der Waals surface area contributed by atoms with Gasteiger partial charge in [0.25, 0.3) is 0 Å². The molecule has 4 N–H and O–H groups in total. The second kappa shape index (κ2) is 7.18. The molecule has 0 saturated heterocycles. The van der Waals surface area contributed by atoms with E-state index in [1.807, 2.05) is 0 Å². The van der Waals surface area contributed by atoms with Crippen LogP contribution >= 0.6 is 0 Å². The van der Waals surface area contributed by atoms with Crippen molar-refractivity contribution in [3.05, 3.63) is 23.8 Å². The van der Waals surface area contributed by atoms with E-state index in [1.54, 1.807) is 0 Å². The quantitative estimate of drug-likeness (QED) is 0.458. The Hall–Kier alpha value is -1.17. The number of aliphatic carboxylic acids is 1. The van der Waals surface area contributed by atoms with Gasteiger partial charge in [-0.05, 0) is 92.3 Å². The average Bonchev–Trinajstić information content (AvgIpc) is 2.77. The molecule has 0 bridgehead atoms. The van der Waals surface area contributed by atoms with Crippen LogP contribution in [0.4, 0.5) is 0 Å². The third-order valence-electron chi connectivity index (χ3n) is 12.1. The fraction of sp³-hybridized carbons (Fsp3) is 0.821. The fourth-order valence-electron chi connectivity index (χ4n) is 9.88. The molecule has 5 heteroatoms. The van der Waals surface area contributed by atoms with Crippen LogP contribution in [-0.2, 0) is 4.79 Å². The summed E-state index contributed by atoms with van der Waals surface area (Å²) in [6.45, 7) is 10.9. The lowest BCUT2D eigenvalue weighted by Gasteiger charge is -2.70. The number of rotatable bonds is 2. The van der Waals surface area contributed by atoms with E-state index < -0.39 is 29.7 Å². The Morgan fingerprint density at radius 1 is 1.09 bits per heavy atom. The molecule has 0 aliphatic heterocycles. The van der Waals surface area contributed by atoms with E-state index in [-0.39, 0.29) is 28.1 Å². The summed E-state index contributed by atoms with van der Waals surface area (Å²) in [4.78, 5) is 12.6. The molecule has 5 nitrogen and oxygen atoms in total. The molecule has 4 saturated carbocycles. The van der Waals surface area contributed by atoms with Crippen LogP contribution < -0.4 is 0 Å². The molecule has 0 heterocycles. The van der Waals surface area contributed by atoms with Gasteiger partial charge in [0, 0.05) is 5.92 Å². The summed E-state index contributed by atoms with van der Waals surface area (Å²) >= 11 is 0. The standard InChI is InChI=1S/C28H42O5/c1-17-7-12-27(23(31)32)14-13-25(3)18(19(27)15-17)5-6-20-24(2)10-9-22(30)28(33,16-29)21(24)8-11-26(20,25)4/h5,19-22,29-30,33H,1,6-16H2,2-4H3,(H,31,32)/t19-,20+,21+,22-,24+,25+,26+,27-,28+/m0/s1. The molecule has 4 fully saturated rings. The van der Waals surface area contributed by atoms with Crippen molar-refractivity contribution in [1.29, 1.82) is 0 Å². The molecule has 0 aromatic carbocycles. The van der Waals surface area contributed by atoms with Crippen molar-refractivity contribution in [1.82, 2.24) is 0 Å². The summed E-state index contributed by atoms with van der Waals surface area (Å²) in [6.07, 6.45) is 9.33. The number of carbonyl (C=O) groups is 1. The van der Waals surface area contributed by atoms with E-state index in [4.69, 9.17) is 0 Å². The highest BCUT2D eigenvalue weighted by atomic mass is 16.4. The van der Waals surface area contributed by atoms with Gasteiger partial charge in [0.2, 0.25) is 0 Å². The topological polar surface area (TPSA) is 98.0 Å². The van der Waals surface area contributed by atoms with Crippen molar-refractivity contribution >= 4 is 5.97 Å². The van der Waals surface area contributed by atoms with E-state index >= 15 is 0 Å². The van der Waals surface area contributed by atoms with Gasteiger partial charge in [0.05, 0.1) is 18.1 Å². The predicted octanol–water partition coefficient (Wildman–Crippen LogP) is 4.46. The molecule has 5 aliphatic rings. The van der Waals surface area contributed by atoms with Crippen molar-refractivity contribution < 1.29 is 25.2 Å². The van der Waals surface area contributed by atoms with Gasteiger partial charge in [0.15, 0.2) is 0 Å². The molecular weight excluding hydrogens is 416 g/mol. The van der Waals surface area contributed by atoms with Crippen LogP contribution in [0, 0.1) is 39.4 Å². The number of aliphatic hydroxyl groups excluding tert-OH is 2. The normalized spacial score (nSPS) is 53.8. The minimum Gasteiger partial charge on any atom is -0.481 e. The molecule has 0 unspecified atom stereocenters. The third kappa shape index (κ3) is 2.73. The average molecular weight is 459 g/mol. The van der Waals surface area contributed by atoms with Crippen LogP contribution in [0.1, 0.15) is 85.0 Å². The van der Waals surface area contributed by atoms with Gasteiger partial charge in [-0.15, -0.1) is 0 Å². The number of hydrogen-bond donors (Lipinski definition) is 4. The Morgan fingerprint density at radius 3 is 2.48 bits per heavy atom. The molecule has 33 heavy (non-hydrogen) atoms. The van der Waals surface area contributed by atoms with Crippen LogP contribution in [0.5, 0.6) is 0 Å². The lowest BCUT2D eigenvalue weighted by molar-refractivity contribution is -0.249. The molecule has 5 aliphatic carbocycles. The highest BCUT2D eigenvalue weighted by Gasteiger charge is 2.69. The van der Waals surface area contributed by atoms with Crippen LogP contribution in [0.3, 0.4) is 0 Å². The molecular formula is C28H42O5. The van der Waals surface area contributed by atoms with Crippen molar-refractivity contribution in [2.75, 3.05) is 6.61 Å². The lowest BCUT2D eigenvalue weighted by atomic mass is 9.34. The van der Waals surface area contributed by atoms with Gasteiger partial charge in [-0.3, -0.25) is 4.79 Å². The van der Waals surface area contributed by atoms with E-state index in [1.165, 1.54) is 11.1 Å². The maximum Gasteiger partial charge on any atom is 0.310 e. The third-order valence-corrected chi connectivity index (χ3v) is 12.1. The molecule has 9 atom stereocenters. The minimum atomic E-state index is -1.44. The highest BCUT2D eigenvalue weighted by Crippen LogP contribution is 2.74. The highest BCUT2D eigenvalue weighted by molar-refractivity contribution is 5.77. The molecule has 0 amide bonds. The summed E-state index contributed by atoms with van der Waals surface area (Å²) in [6, 6.07) is 0. The first-order chi connectivity index (χ1) is 15.4. The van der Waals surface area contributed by atoms with Crippen molar-refractivity contribution in [3.8, 4) is 0 Å². The van der Waals surface area contributed by atoms with Crippen LogP contribution in [-0.4, -0.2) is 44.7 Å². The Morgan fingerprint density at radius 2 is 1.82 bits per heavy atom. The maximum atomic E-state index is 12.6. The van der Waals surface area contributed by atoms with Gasteiger partial charge in [0.1, 0.15) is 5.60 Å². The molecule has 0 radical (unpaired) electrons. The van der Waals surface area contributed by atoms with Gasteiger partial charge < -0.3 is 20.4 Å². The van der Waals surface area contributed by atoms with Crippen LogP contribution in [0.25, 0.3) is 0 Å². The van der Waals surface area contributed by atoms with E-state index in [2.05, 4.69) is 33.4 Å². The first-order valence-electron chi connectivity index (χ1n) is 13.0. The summed E-state index contributed by atoms with van der Waals surface area (Å²) in [5.74, 6) is -0.417. The lowest BCUT2D eigenvalue weighted by Crippen LogP contribution is -2.68. The smallest absolute Gasteiger partial charge is 0.310 e. The second-order valence-electron chi connectivity index (χ2n) is 13.0. The number of allylic oxidation sites excluding steroid dienone is 3. The number of carboxylic acid groups (broad SMARTS) is 1. The number of fused-ring (bicyclic) bond motifs is 7. The Kier molecular flexibility index (Phi) is 5.12. The van der Waals surface area contributed by atoms with Gasteiger partial charge in [-0.25, -0.2) is 0 Å². The summed E-state index contributed by atoms with van der Waals surface area (Å²) in [5.41, 5.74) is 0.161. The number of hydrogen-bond acceptors (Lipinski definition) is 4. The Bertz CT molecular complexity index is 910. The van der Waals surface area contributed by atoms with Crippen molar-refractivity contribution in [2.45, 2.75) is 96.7 Å². The largest absolute Gasteiger partial charge is 0.481 e. The first kappa shape index (κ1) is 23.6. The zero-order chi connectivity index (χ0) is 24.0. The Balaban J connectivity index is 1.59. The summed E-state index contributed by atoms with van der Waals surface area (Å²) in [5, 5.41) is 42.5. The number of aliphatic hydroxyl groups is 3. The molecule has 5 rings (SSSR count). The van der Waals surface area contributed by atoms with Crippen molar-refractivity contribution in [2.24, 2.45) is 39.4 Å². The first-order valence-corrected chi connectivity index (χ1v) is 13.0.